The first-order valence-corrected chi connectivity index (χ1v) is 12.8. The van der Waals surface area contributed by atoms with Crippen LogP contribution in [0.25, 0.3) is 0 Å². The minimum atomic E-state index is -0.0459. The van der Waals surface area contributed by atoms with E-state index in [0.717, 1.165) is 32.9 Å². The van der Waals surface area contributed by atoms with Crippen LogP contribution in [0.5, 0.6) is 17.2 Å². The van der Waals surface area contributed by atoms with Crippen molar-refractivity contribution in [3.8, 4) is 17.2 Å². The van der Waals surface area contributed by atoms with Crippen LogP contribution in [0.15, 0.2) is 65.6 Å². The lowest BCUT2D eigenvalue weighted by atomic mass is 10.0. The van der Waals surface area contributed by atoms with Crippen molar-refractivity contribution >= 4 is 17.9 Å². The van der Waals surface area contributed by atoms with Crippen molar-refractivity contribution in [2.24, 2.45) is 0 Å². The van der Waals surface area contributed by atoms with E-state index in [1.807, 2.05) is 105 Å². The zero-order chi connectivity index (χ0) is 26.1. The largest absolute Gasteiger partial charge is 0.508 e. The monoisotopic (exact) mass is 483 g/mol. The lowest BCUT2D eigenvalue weighted by Crippen LogP contribution is -2.18. The molecule has 2 N–H and O–H groups in total. The van der Waals surface area contributed by atoms with E-state index in [1.165, 1.54) is 11.9 Å². The van der Waals surface area contributed by atoms with Crippen molar-refractivity contribution in [2.75, 3.05) is 0 Å². The Morgan fingerprint density at radius 2 is 1.38 bits per heavy atom. The maximum atomic E-state index is 12.3. The third-order valence-electron chi connectivity index (χ3n) is 4.30. The standard InChI is InChI=1S/C23H23NO3S.3C2H6/c1-15-13-19(9-10-21(15)25)27-23-16(2)11-18(12-17(23)3)14-22(26)24-28-20-7-5-4-6-8-20;3*1-2/h4-13,25H,14H2,1-3H3,(H,24,26);3*1-2H3. The Morgan fingerprint density at radius 3 is 1.91 bits per heavy atom. The molecule has 0 spiro atoms. The van der Waals surface area contributed by atoms with Crippen LogP contribution in [0, 0.1) is 20.8 Å². The van der Waals surface area contributed by atoms with Gasteiger partial charge in [-0.25, -0.2) is 0 Å². The minimum absolute atomic E-state index is 0.0459. The number of phenolic OH excluding ortho intramolecular Hbond substituents is 1. The number of ether oxygens (including phenoxy) is 1. The van der Waals surface area contributed by atoms with Gasteiger partial charge in [0.1, 0.15) is 17.2 Å². The maximum absolute atomic E-state index is 12.3. The molecule has 3 aromatic rings. The van der Waals surface area contributed by atoms with Gasteiger partial charge in [0, 0.05) is 4.90 Å². The van der Waals surface area contributed by atoms with Crippen molar-refractivity contribution in [3.63, 3.8) is 0 Å². The van der Waals surface area contributed by atoms with Crippen LogP contribution < -0.4 is 9.46 Å². The second-order valence-corrected chi connectivity index (χ2v) is 7.61. The molecule has 186 valence electrons. The molecule has 3 rings (SSSR count). The highest BCUT2D eigenvalue weighted by Crippen LogP contribution is 2.32. The van der Waals surface area contributed by atoms with E-state index in [2.05, 4.69) is 4.72 Å². The summed E-state index contributed by atoms with van der Waals surface area (Å²) in [6.07, 6.45) is 0.306. The predicted molar refractivity (Wildman–Crippen MR) is 147 cm³/mol. The molecule has 0 heterocycles. The maximum Gasteiger partial charge on any atom is 0.234 e. The molecule has 0 atom stereocenters. The summed E-state index contributed by atoms with van der Waals surface area (Å²) < 4.78 is 8.90. The van der Waals surface area contributed by atoms with Gasteiger partial charge in [-0.2, -0.15) is 0 Å². The van der Waals surface area contributed by atoms with Gasteiger partial charge in [-0.3, -0.25) is 9.52 Å². The first-order valence-electron chi connectivity index (χ1n) is 12.0. The fourth-order valence-electron chi connectivity index (χ4n) is 2.94. The molecule has 0 saturated heterocycles. The summed E-state index contributed by atoms with van der Waals surface area (Å²) >= 11 is 1.32. The van der Waals surface area contributed by atoms with Crippen molar-refractivity contribution in [2.45, 2.75) is 73.6 Å². The van der Waals surface area contributed by atoms with Crippen molar-refractivity contribution in [1.29, 1.82) is 0 Å². The van der Waals surface area contributed by atoms with Crippen molar-refractivity contribution < 1.29 is 14.6 Å². The van der Waals surface area contributed by atoms with E-state index in [0.29, 0.717) is 12.2 Å². The topological polar surface area (TPSA) is 58.6 Å². The van der Waals surface area contributed by atoms with E-state index in [-0.39, 0.29) is 11.7 Å². The number of phenols is 1. The molecule has 0 aromatic heterocycles. The molecule has 0 fully saturated rings. The number of hydrogen-bond acceptors (Lipinski definition) is 4. The van der Waals surface area contributed by atoms with E-state index < -0.39 is 0 Å². The zero-order valence-corrected chi connectivity index (χ0v) is 23.0. The highest BCUT2D eigenvalue weighted by Gasteiger charge is 2.11. The summed E-state index contributed by atoms with van der Waals surface area (Å²) in [5.74, 6) is 1.64. The summed E-state index contributed by atoms with van der Waals surface area (Å²) in [6, 6.07) is 18.8. The van der Waals surface area contributed by atoms with Crippen LogP contribution in [0.1, 0.15) is 63.8 Å². The Balaban J connectivity index is 0.00000168. The molecule has 34 heavy (non-hydrogen) atoms. The number of carbonyl (C=O) groups excluding carboxylic acids is 1. The average Bonchev–Trinajstić information content (AvgIpc) is 2.87. The quantitative estimate of drug-likeness (QED) is 0.345. The van der Waals surface area contributed by atoms with Crippen LogP contribution in [0.2, 0.25) is 0 Å². The second-order valence-electron chi connectivity index (χ2n) is 6.73. The normalized spacial score (nSPS) is 9.21. The predicted octanol–water partition coefficient (Wildman–Crippen LogP) is 8.55. The molecule has 0 aliphatic rings. The fraction of sp³-hybridized carbons (Fsp3) is 0.345. The highest BCUT2D eigenvalue weighted by atomic mass is 32.2. The molecule has 5 heteroatoms. The SMILES string of the molecule is CC.CC.CC.Cc1cc(Oc2c(C)cc(CC(=O)NSc3ccccc3)cc2C)ccc1O. The van der Waals surface area contributed by atoms with Gasteiger partial charge in [0.25, 0.3) is 0 Å². The minimum Gasteiger partial charge on any atom is -0.508 e. The van der Waals surface area contributed by atoms with Gasteiger partial charge >= 0.3 is 0 Å². The molecule has 0 radical (unpaired) electrons. The lowest BCUT2D eigenvalue weighted by molar-refractivity contribution is -0.118. The fourth-order valence-corrected chi connectivity index (χ4v) is 3.54. The van der Waals surface area contributed by atoms with Gasteiger partial charge in [0.2, 0.25) is 5.91 Å². The van der Waals surface area contributed by atoms with Crippen molar-refractivity contribution in [3.05, 3.63) is 82.9 Å². The average molecular weight is 484 g/mol. The third kappa shape index (κ3) is 10.3. The zero-order valence-electron chi connectivity index (χ0n) is 22.2. The van der Waals surface area contributed by atoms with E-state index >= 15 is 0 Å². The molecule has 3 aromatic carbocycles. The number of nitrogens with one attached hydrogen (secondary N) is 1. The van der Waals surface area contributed by atoms with E-state index in [1.54, 1.807) is 18.2 Å². The Labute approximate surface area is 210 Å². The van der Waals surface area contributed by atoms with Gasteiger partial charge in [0.15, 0.2) is 0 Å². The van der Waals surface area contributed by atoms with Gasteiger partial charge in [-0.1, -0.05) is 71.9 Å². The number of aryl methyl sites for hydroxylation is 3. The molecule has 4 nitrogen and oxygen atoms in total. The van der Waals surface area contributed by atoms with E-state index in [9.17, 15) is 9.90 Å². The van der Waals surface area contributed by atoms with Crippen LogP contribution in [0.3, 0.4) is 0 Å². The Morgan fingerprint density at radius 1 is 0.824 bits per heavy atom. The smallest absolute Gasteiger partial charge is 0.234 e. The Kier molecular flexibility index (Phi) is 16.0. The summed E-state index contributed by atoms with van der Waals surface area (Å²) in [5.41, 5.74) is 3.63. The summed E-state index contributed by atoms with van der Waals surface area (Å²) in [4.78, 5) is 13.3. The third-order valence-corrected chi connectivity index (χ3v) is 5.14. The van der Waals surface area contributed by atoms with Crippen LogP contribution in [0.4, 0.5) is 0 Å². The summed E-state index contributed by atoms with van der Waals surface area (Å²) in [6.45, 7) is 17.8. The molecule has 0 aliphatic carbocycles. The Hall–Kier alpha value is -2.92. The van der Waals surface area contributed by atoms with E-state index in [4.69, 9.17) is 4.74 Å². The number of amides is 1. The molecular weight excluding hydrogens is 442 g/mol. The Bertz CT molecular complexity index is 965. The molecular formula is C29H41NO3S. The number of carbonyl (C=O) groups is 1. The summed E-state index contributed by atoms with van der Waals surface area (Å²) in [7, 11) is 0. The van der Waals surface area contributed by atoms with Gasteiger partial charge in [0.05, 0.1) is 6.42 Å². The number of rotatable bonds is 6. The molecule has 0 aliphatic heterocycles. The van der Waals surface area contributed by atoms with Crippen LogP contribution in [-0.2, 0) is 11.2 Å². The molecule has 1 amide bonds. The number of hydrogen-bond donors (Lipinski definition) is 2. The lowest BCUT2D eigenvalue weighted by Gasteiger charge is -2.14. The summed E-state index contributed by atoms with van der Waals surface area (Å²) in [5, 5.41) is 9.66. The number of benzene rings is 3. The van der Waals surface area contributed by atoms with Gasteiger partial charge < -0.3 is 9.84 Å². The van der Waals surface area contributed by atoms with Gasteiger partial charge in [-0.05, 0) is 85.3 Å². The van der Waals surface area contributed by atoms with Gasteiger partial charge in [-0.15, -0.1) is 0 Å². The van der Waals surface area contributed by atoms with Crippen molar-refractivity contribution in [1.82, 2.24) is 4.72 Å². The second kappa shape index (κ2) is 17.5. The van der Waals surface area contributed by atoms with Crippen LogP contribution >= 0.6 is 11.9 Å². The first-order chi connectivity index (χ1) is 16.4. The first kappa shape index (κ1) is 31.1. The molecule has 0 bridgehead atoms. The molecule has 0 saturated carbocycles. The highest BCUT2D eigenvalue weighted by molar-refractivity contribution is 7.98. The van der Waals surface area contributed by atoms with Crippen LogP contribution in [-0.4, -0.2) is 11.0 Å². The molecule has 0 unspecified atom stereocenters. The number of aromatic hydroxyl groups is 1.